The number of hydrogen-bond acceptors (Lipinski definition) is 7. The lowest BCUT2D eigenvalue weighted by Gasteiger charge is -2.22. The van der Waals surface area contributed by atoms with E-state index >= 15 is 0 Å². The van der Waals surface area contributed by atoms with Gasteiger partial charge in [-0.3, -0.25) is 4.79 Å². The molecule has 1 aliphatic heterocycles. The van der Waals surface area contributed by atoms with Crippen LogP contribution in [-0.2, 0) is 4.74 Å². The number of nitrogens with zero attached hydrogens (tertiary/aromatic N) is 4. The Morgan fingerprint density at radius 2 is 2.22 bits per heavy atom. The zero-order chi connectivity index (χ0) is 15.8. The van der Waals surface area contributed by atoms with Gasteiger partial charge in [0.1, 0.15) is 11.9 Å². The van der Waals surface area contributed by atoms with Crippen molar-refractivity contribution in [2.75, 3.05) is 18.5 Å². The Labute approximate surface area is 137 Å². The first-order valence-electron chi connectivity index (χ1n) is 7.95. The van der Waals surface area contributed by atoms with Crippen LogP contribution >= 0.6 is 11.5 Å². The number of hydrogen-bond donors (Lipinski definition) is 1. The minimum atomic E-state index is -0.126. The Morgan fingerprint density at radius 3 is 3.00 bits per heavy atom. The molecular weight excluding hydrogens is 314 g/mol. The van der Waals surface area contributed by atoms with Crippen LogP contribution in [0, 0.1) is 6.92 Å². The van der Waals surface area contributed by atoms with Crippen LogP contribution in [0.1, 0.15) is 42.7 Å². The largest absolute Gasteiger partial charge is 0.377 e. The smallest absolute Gasteiger partial charge is 0.267 e. The van der Waals surface area contributed by atoms with Crippen molar-refractivity contribution in [1.29, 1.82) is 0 Å². The highest BCUT2D eigenvalue weighted by molar-refractivity contribution is 7.09. The summed E-state index contributed by atoms with van der Waals surface area (Å²) >= 11 is 1.38. The predicted octanol–water partition coefficient (Wildman–Crippen LogP) is 1.72. The summed E-state index contributed by atoms with van der Waals surface area (Å²) in [6.45, 7) is 2.89. The molecule has 2 aliphatic rings. The predicted molar refractivity (Wildman–Crippen MR) is 87.0 cm³/mol. The molecule has 1 N–H and O–H groups in total. The Kier molecular flexibility index (Phi) is 3.86. The van der Waals surface area contributed by atoms with Crippen LogP contribution in [0.5, 0.6) is 0 Å². The van der Waals surface area contributed by atoms with E-state index in [2.05, 4.69) is 19.8 Å². The van der Waals surface area contributed by atoms with E-state index in [1.165, 1.54) is 35.5 Å². The molecule has 0 spiro atoms. The number of rotatable bonds is 4. The van der Waals surface area contributed by atoms with E-state index in [1.54, 1.807) is 12.1 Å². The first kappa shape index (κ1) is 14.8. The summed E-state index contributed by atoms with van der Waals surface area (Å²) in [5, 5.41) is 8.53. The fourth-order valence-electron chi connectivity index (χ4n) is 2.96. The van der Waals surface area contributed by atoms with Crippen LogP contribution in [0.3, 0.4) is 0 Å². The highest BCUT2D eigenvalue weighted by Crippen LogP contribution is 2.36. The van der Waals surface area contributed by atoms with Gasteiger partial charge in [-0.05, 0) is 25.8 Å². The Morgan fingerprint density at radius 1 is 1.35 bits per heavy atom. The summed E-state index contributed by atoms with van der Waals surface area (Å²) in [5.41, 5.74) is 0.712. The van der Waals surface area contributed by atoms with Crippen molar-refractivity contribution in [1.82, 2.24) is 19.1 Å². The molecule has 2 fully saturated rings. The minimum absolute atomic E-state index is 0.0239. The SMILES string of the molecule is Cc1ccc(=O)n(C2COCC2Nc2nc(C3CCC3)ns2)n1. The van der Waals surface area contributed by atoms with Crippen molar-refractivity contribution in [3.8, 4) is 0 Å². The molecule has 1 saturated heterocycles. The van der Waals surface area contributed by atoms with Gasteiger partial charge in [-0.15, -0.1) is 0 Å². The second-order valence-corrected chi connectivity index (χ2v) is 6.95. The summed E-state index contributed by atoms with van der Waals surface area (Å²) in [6.07, 6.45) is 3.65. The van der Waals surface area contributed by atoms with Crippen LogP contribution in [-0.4, -0.2) is 38.4 Å². The van der Waals surface area contributed by atoms with E-state index in [4.69, 9.17) is 4.74 Å². The maximum Gasteiger partial charge on any atom is 0.267 e. The van der Waals surface area contributed by atoms with Gasteiger partial charge in [-0.25, -0.2) is 9.67 Å². The molecule has 1 aliphatic carbocycles. The van der Waals surface area contributed by atoms with Gasteiger partial charge in [-0.1, -0.05) is 6.42 Å². The van der Waals surface area contributed by atoms with Gasteiger partial charge in [0.2, 0.25) is 5.13 Å². The molecule has 0 amide bonds. The second-order valence-electron chi connectivity index (χ2n) is 6.20. The third-order valence-electron chi connectivity index (χ3n) is 4.54. The lowest BCUT2D eigenvalue weighted by Crippen LogP contribution is -2.37. The number of aryl methyl sites for hydroxylation is 1. The van der Waals surface area contributed by atoms with Gasteiger partial charge in [-0.2, -0.15) is 9.47 Å². The van der Waals surface area contributed by atoms with Crippen molar-refractivity contribution < 1.29 is 4.74 Å². The Hall–Kier alpha value is -1.80. The zero-order valence-corrected chi connectivity index (χ0v) is 13.8. The molecule has 8 heteroatoms. The topological polar surface area (TPSA) is 81.9 Å². The van der Waals surface area contributed by atoms with Crippen LogP contribution in [0.2, 0.25) is 0 Å². The van der Waals surface area contributed by atoms with E-state index in [0.29, 0.717) is 19.1 Å². The van der Waals surface area contributed by atoms with Crippen molar-refractivity contribution in [2.45, 2.75) is 44.2 Å². The normalized spacial score (nSPS) is 24.6. The Bertz CT molecular complexity index is 754. The molecule has 2 aromatic rings. The third-order valence-corrected chi connectivity index (χ3v) is 5.20. The standard InChI is InChI=1S/C15H19N5O2S/c1-9-5-6-13(21)20(18-9)12-8-22-7-11(12)16-15-17-14(19-23-15)10-3-2-4-10/h5-6,10-12H,2-4,7-8H2,1H3,(H,16,17,19). The van der Waals surface area contributed by atoms with E-state index < -0.39 is 0 Å². The molecule has 0 aromatic carbocycles. The first-order chi connectivity index (χ1) is 11.2. The van der Waals surface area contributed by atoms with Gasteiger partial charge in [0.25, 0.3) is 5.56 Å². The zero-order valence-electron chi connectivity index (χ0n) is 12.9. The maximum atomic E-state index is 12.1. The average Bonchev–Trinajstić information content (AvgIpc) is 3.10. The van der Waals surface area contributed by atoms with Gasteiger partial charge >= 0.3 is 0 Å². The van der Waals surface area contributed by atoms with E-state index in [9.17, 15) is 4.79 Å². The monoisotopic (exact) mass is 333 g/mol. The van der Waals surface area contributed by atoms with Crippen LogP contribution in [0.4, 0.5) is 5.13 Å². The van der Waals surface area contributed by atoms with Crippen molar-refractivity contribution >= 4 is 16.7 Å². The first-order valence-corrected chi connectivity index (χ1v) is 8.72. The second kappa shape index (κ2) is 6.01. The van der Waals surface area contributed by atoms with Crippen LogP contribution in [0.15, 0.2) is 16.9 Å². The summed E-state index contributed by atoms with van der Waals surface area (Å²) in [5.74, 6) is 1.48. The minimum Gasteiger partial charge on any atom is -0.377 e. The van der Waals surface area contributed by atoms with Gasteiger partial charge in [0.05, 0.1) is 24.9 Å². The molecule has 3 heterocycles. The molecule has 2 unspecified atom stereocenters. The van der Waals surface area contributed by atoms with Crippen molar-refractivity contribution in [3.05, 3.63) is 34.0 Å². The molecule has 7 nitrogen and oxygen atoms in total. The number of ether oxygens (including phenoxy) is 1. The number of nitrogens with one attached hydrogen (secondary N) is 1. The quantitative estimate of drug-likeness (QED) is 0.917. The highest BCUT2D eigenvalue weighted by Gasteiger charge is 2.32. The van der Waals surface area contributed by atoms with E-state index in [-0.39, 0.29) is 17.6 Å². The fourth-order valence-corrected chi connectivity index (χ4v) is 3.67. The third kappa shape index (κ3) is 2.88. The van der Waals surface area contributed by atoms with Crippen LogP contribution in [0.25, 0.3) is 0 Å². The van der Waals surface area contributed by atoms with Gasteiger partial charge in [0.15, 0.2) is 0 Å². The van der Waals surface area contributed by atoms with Crippen LogP contribution < -0.4 is 10.9 Å². The molecule has 4 rings (SSSR count). The molecule has 0 bridgehead atoms. The van der Waals surface area contributed by atoms with Crippen molar-refractivity contribution in [2.24, 2.45) is 0 Å². The summed E-state index contributed by atoms with van der Waals surface area (Å²) in [4.78, 5) is 16.7. The lowest BCUT2D eigenvalue weighted by molar-refractivity contribution is 0.182. The average molecular weight is 333 g/mol. The number of anilines is 1. The van der Waals surface area contributed by atoms with Gasteiger partial charge in [0, 0.05) is 23.5 Å². The molecular formula is C15H19N5O2S. The lowest BCUT2D eigenvalue weighted by atomic mass is 9.85. The van der Waals surface area contributed by atoms with E-state index in [0.717, 1.165) is 16.6 Å². The molecule has 1 saturated carbocycles. The summed E-state index contributed by atoms with van der Waals surface area (Å²) < 4.78 is 11.5. The molecule has 0 radical (unpaired) electrons. The molecule has 2 atom stereocenters. The van der Waals surface area contributed by atoms with E-state index in [1.807, 2.05) is 6.92 Å². The number of aromatic nitrogens is 4. The Balaban J connectivity index is 1.52. The van der Waals surface area contributed by atoms with Crippen molar-refractivity contribution in [3.63, 3.8) is 0 Å². The molecule has 23 heavy (non-hydrogen) atoms. The molecule has 2 aromatic heterocycles. The molecule has 122 valence electrons. The highest BCUT2D eigenvalue weighted by atomic mass is 32.1. The van der Waals surface area contributed by atoms with Gasteiger partial charge < -0.3 is 10.1 Å². The maximum absolute atomic E-state index is 12.1. The summed E-state index contributed by atoms with van der Waals surface area (Å²) in [7, 11) is 0. The summed E-state index contributed by atoms with van der Waals surface area (Å²) in [6, 6.07) is 3.13. The fraction of sp³-hybridized carbons (Fsp3) is 0.600.